The van der Waals surface area contributed by atoms with Gasteiger partial charge in [-0.1, -0.05) is 60.5 Å². The van der Waals surface area contributed by atoms with Crippen LogP contribution in [0, 0.1) is 11.3 Å². The molecular weight excluding hydrogens is 439 g/mol. The Hall–Kier alpha value is -1.81. The Morgan fingerprint density at radius 2 is 1.88 bits per heavy atom. The van der Waals surface area contributed by atoms with Crippen LogP contribution in [0.1, 0.15) is 55.7 Å². The van der Waals surface area contributed by atoms with Crippen LogP contribution in [0.2, 0.25) is 10.0 Å². The summed E-state index contributed by atoms with van der Waals surface area (Å²) in [4.78, 5) is 16.4. The first-order valence-electron chi connectivity index (χ1n) is 11.5. The Balaban J connectivity index is 1.89. The van der Waals surface area contributed by atoms with Gasteiger partial charge in [0.2, 0.25) is 5.91 Å². The molecule has 1 saturated carbocycles. The molecule has 4 rings (SSSR count). The number of hydrogen-bond acceptors (Lipinski definition) is 2. The van der Waals surface area contributed by atoms with Gasteiger partial charge in [0.1, 0.15) is 0 Å². The molecule has 1 amide bonds. The maximum absolute atomic E-state index is 14.2. The van der Waals surface area contributed by atoms with Crippen molar-refractivity contribution in [2.24, 2.45) is 11.3 Å². The van der Waals surface area contributed by atoms with Crippen molar-refractivity contribution >= 4 is 29.1 Å². The molecule has 0 spiro atoms. The zero-order chi connectivity index (χ0) is 22.9. The average Bonchev–Trinajstić information content (AvgIpc) is 3.60. The van der Waals surface area contributed by atoms with Crippen LogP contribution >= 0.6 is 23.2 Å². The van der Waals surface area contributed by atoms with E-state index in [-0.39, 0.29) is 23.9 Å². The molecule has 1 aliphatic carbocycles. The van der Waals surface area contributed by atoms with Crippen molar-refractivity contribution in [3.63, 3.8) is 0 Å². The van der Waals surface area contributed by atoms with E-state index in [1.165, 1.54) is 18.4 Å². The summed E-state index contributed by atoms with van der Waals surface area (Å²) in [6, 6.07) is 16.2. The monoisotopic (exact) mass is 470 g/mol. The first kappa shape index (κ1) is 23.4. The average molecular weight is 471 g/mol. The van der Waals surface area contributed by atoms with Crippen LogP contribution in [0.25, 0.3) is 0 Å². The largest absolute Gasteiger partial charge is 0.330 e. The van der Waals surface area contributed by atoms with Gasteiger partial charge in [0.05, 0.1) is 11.5 Å². The summed E-state index contributed by atoms with van der Waals surface area (Å²) in [6.07, 6.45) is 5.63. The number of piperidine rings is 1. The Morgan fingerprint density at radius 3 is 2.47 bits per heavy atom. The first-order chi connectivity index (χ1) is 15.4. The zero-order valence-corrected chi connectivity index (χ0v) is 20.4. The Labute approximate surface area is 201 Å². The number of benzene rings is 2. The van der Waals surface area contributed by atoms with Crippen LogP contribution < -0.4 is 5.32 Å². The van der Waals surface area contributed by atoms with E-state index in [1.807, 2.05) is 37.4 Å². The Kier molecular flexibility index (Phi) is 7.00. The maximum Gasteiger partial charge on any atom is 0.229 e. The van der Waals surface area contributed by atoms with Crippen LogP contribution in [0.5, 0.6) is 0 Å². The lowest BCUT2D eigenvalue weighted by Crippen LogP contribution is -2.58. The highest BCUT2D eigenvalue weighted by Crippen LogP contribution is 2.53. The summed E-state index contributed by atoms with van der Waals surface area (Å²) in [6.45, 7) is 6.85. The van der Waals surface area contributed by atoms with Crippen molar-refractivity contribution in [3.8, 4) is 0 Å². The number of carbonyl (C=O) groups is 1. The minimum atomic E-state index is -0.501. The number of rotatable bonds is 8. The minimum absolute atomic E-state index is 0.0740. The summed E-state index contributed by atoms with van der Waals surface area (Å²) < 4.78 is 0. The predicted molar refractivity (Wildman–Crippen MR) is 133 cm³/mol. The fourth-order valence-electron chi connectivity index (χ4n) is 5.43. The lowest BCUT2D eigenvalue weighted by molar-refractivity contribution is -0.155. The molecule has 1 aliphatic heterocycles. The molecule has 1 N–H and O–H groups in total. The highest BCUT2D eigenvalue weighted by atomic mass is 35.5. The SMILES string of the molecule is C=CCC1(C)C[C@H](c2cccc(Cl)c2)[C@@H](c2ccc(Cl)cc2)N([C@@H](CNC)C2CC2)C1=O. The van der Waals surface area contributed by atoms with Gasteiger partial charge in [-0.3, -0.25) is 4.79 Å². The third-order valence-corrected chi connectivity index (χ3v) is 7.61. The lowest BCUT2D eigenvalue weighted by Gasteiger charge is -2.52. The molecule has 32 heavy (non-hydrogen) atoms. The van der Waals surface area contributed by atoms with Gasteiger partial charge in [-0.05, 0) is 74.0 Å². The van der Waals surface area contributed by atoms with Crippen molar-refractivity contribution in [1.29, 1.82) is 0 Å². The number of likely N-dealkylation sites (tertiary alicyclic amines) is 1. The molecule has 2 fully saturated rings. The van der Waals surface area contributed by atoms with Gasteiger partial charge in [0, 0.05) is 28.5 Å². The van der Waals surface area contributed by atoms with Crippen molar-refractivity contribution in [3.05, 3.63) is 82.4 Å². The molecule has 0 radical (unpaired) electrons. The molecule has 0 bridgehead atoms. The van der Waals surface area contributed by atoms with E-state index in [4.69, 9.17) is 23.2 Å². The quantitative estimate of drug-likeness (QED) is 0.438. The third-order valence-electron chi connectivity index (χ3n) is 7.12. The van der Waals surface area contributed by atoms with Gasteiger partial charge in [0.15, 0.2) is 0 Å². The molecule has 1 heterocycles. The van der Waals surface area contributed by atoms with Gasteiger partial charge in [-0.15, -0.1) is 6.58 Å². The molecule has 5 heteroatoms. The summed E-state index contributed by atoms with van der Waals surface area (Å²) in [5.41, 5.74) is 1.79. The highest BCUT2D eigenvalue weighted by molar-refractivity contribution is 6.30. The maximum atomic E-state index is 14.2. The summed E-state index contributed by atoms with van der Waals surface area (Å²) in [7, 11) is 1.97. The highest BCUT2D eigenvalue weighted by Gasteiger charge is 2.53. The standard InChI is InChI=1S/C27H32Cl2N2O/c1-4-14-27(2)16-23(20-6-5-7-22(29)15-20)25(19-10-12-21(28)13-11-19)31(26(27)32)24(17-30-3)18-8-9-18/h4-7,10-13,15,18,23-25,30H,1,8-9,14,16-17H2,2-3H3/t23-,24+,25-,27?/m1/s1. The van der Waals surface area contributed by atoms with Crippen LogP contribution in [-0.2, 0) is 4.79 Å². The van der Waals surface area contributed by atoms with Gasteiger partial charge in [-0.25, -0.2) is 0 Å². The number of hydrogen-bond donors (Lipinski definition) is 1. The van der Waals surface area contributed by atoms with E-state index in [0.717, 1.165) is 23.6 Å². The summed E-state index contributed by atoms with van der Waals surface area (Å²) in [5, 5.41) is 4.78. The Morgan fingerprint density at radius 1 is 1.16 bits per heavy atom. The van der Waals surface area contributed by atoms with E-state index >= 15 is 0 Å². The van der Waals surface area contributed by atoms with E-state index in [2.05, 4.69) is 48.0 Å². The van der Waals surface area contributed by atoms with Crippen molar-refractivity contribution in [2.75, 3.05) is 13.6 Å². The molecule has 0 aromatic heterocycles. The summed E-state index contributed by atoms with van der Waals surface area (Å²) >= 11 is 12.7. The Bertz CT molecular complexity index is 972. The van der Waals surface area contributed by atoms with Gasteiger partial charge in [-0.2, -0.15) is 0 Å². The molecule has 1 saturated heterocycles. The topological polar surface area (TPSA) is 32.3 Å². The minimum Gasteiger partial charge on any atom is -0.330 e. The smallest absolute Gasteiger partial charge is 0.229 e. The number of carbonyl (C=O) groups excluding carboxylic acids is 1. The van der Waals surface area contributed by atoms with Crippen molar-refractivity contribution < 1.29 is 4.79 Å². The zero-order valence-electron chi connectivity index (χ0n) is 18.9. The lowest BCUT2D eigenvalue weighted by atomic mass is 9.67. The second-order valence-electron chi connectivity index (χ2n) is 9.59. The number of nitrogens with one attached hydrogen (secondary N) is 1. The molecular formula is C27H32Cl2N2O. The molecule has 4 atom stereocenters. The van der Waals surface area contributed by atoms with E-state index < -0.39 is 5.41 Å². The van der Waals surface area contributed by atoms with Gasteiger partial charge < -0.3 is 10.2 Å². The second-order valence-corrected chi connectivity index (χ2v) is 10.5. The van der Waals surface area contributed by atoms with Crippen LogP contribution in [0.4, 0.5) is 0 Å². The van der Waals surface area contributed by atoms with Gasteiger partial charge in [0.25, 0.3) is 0 Å². The second kappa shape index (κ2) is 9.59. The van der Waals surface area contributed by atoms with Crippen LogP contribution in [0.15, 0.2) is 61.2 Å². The van der Waals surface area contributed by atoms with E-state index in [0.29, 0.717) is 17.4 Å². The number of allylic oxidation sites excluding steroid dienone is 1. The number of likely N-dealkylation sites (N-methyl/N-ethyl adjacent to an activating group) is 1. The van der Waals surface area contributed by atoms with Crippen molar-refractivity contribution in [1.82, 2.24) is 10.2 Å². The normalized spacial score (nSPS) is 26.8. The number of halogens is 2. The van der Waals surface area contributed by atoms with E-state index in [9.17, 15) is 4.79 Å². The van der Waals surface area contributed by atoms with Crippen LogP contribution in [-0.4, -0.2) is 30.4 Å². The first-order valence-corrected chi connectivity index (χ1v) is 12.2. The molecule has 2 aliphatic rings. The molecule has 3 nitrogen and oxygen atoms in total. The van der Waals surface area contributed by atoms with Gasteiger partial charge >= 0.3 is 0 Å². The van der Waals surface area contributed by atoms with Crippen molar-refractivity contribution in [2.45, 2.75) is 50.6 Å². The number of nitrogens with zero attached hydrogens (tertiary/aromatic N) is 1. The number of amides is 1. The molecule has 170 valence electrons. The molecule has 2 aromatic rings. The van der Waals surface area contributed by atoms with Crippen LogP contribution in [0.3, 0.4) is 0 Å². The third kappa shape index (κ3) is 4.62. The van der Waals surface area contributed by atoms with E-state index in [1.54, 1.807) is 0 Å². The fraction of sp³-hybridized carbons (Fsp3) is 0.444. The molecule has 1 unspecified atom stereocenters. The fourth-order valence-corrected chi connectivity index (χ4v) is 5.76. The predicted octanol–water partition coefficient (Wildman–Crippen LogP) is 6.63. The summed E-state index contributed by atoms with van der Waals surface area (Å²) in [5.74, 6) is 0.880. The molecule has 2 aromatic carbocycles.